The minimum Gasteiger partial charge on any atom is -0.457 e. The standard InChI is InChI=1S/C27H26N8O3S/c1-16-9-18(3-6-23(16)38-19-4-5-22-20(10-19)31-15-34(22)2)32-26-25-21(29-14-30-26)11-28-27(33-25)35-12-17-7-8-39(36,37)24(17)13-35/h3-6,9-11,14-15,17,24H,7-8,12-13H2,1-2H3,(H,29,30,32)/t17-,24?/m1/s1. The summed E-state index contributed by atoms with van der Waals surface area (Å²) in [5.74, 6) is 2.91. The lowest BCUT2D eigenvalue weighted by atomic mass is 10.1. The molecule has 7 rings (SSSR count). The molecule has 5 aromatic rings. The third-order valence-electron chi connectivity index (χ3n) is 7.63. The fourth-order valence-corrected chi connectivity index (χ4v) is 7.68. The van der Waals surface area contributed by atoms with Crippen LogP contribution in [0.2, 0.25) is 0 Å². The summed E-state index contributed by atoms with van der Waals surface area (Å²) in [4.78, 5) is 24.3. The minimum absolute atomic E-state index is 0.133. The van der Waals surface area contributed by atoms with E-state index in [-0.39, 0.29) is 16.9 Å². The molecule has 2 atom stereocenters. The quantitative estimate of drug-likeness (QED) is 0.350. The number of anilines is 3. The monoisotopic (exact) mass is 542 g/mol. The Morgan fingerprint density at radius 1 is 1.03 bits per heavy atom. The van der Waals surface area contributed by atoms with Crippen LogP contribution in [0.15, 0.2) is 55.2 Å². The third-order valence-corrected chi connectivity index (χ3v) is 9.89. The first-order valence-corrected chi connectivity index (χ1v) is 14.5. The van der Waals surface area contributed by atoms with E-state index in [1.54, 1.807) is 12.5 Å². The van der Waals surface area contributed by atoms with Crippen LogP contribution in [0.3, 0.4) is 0 Å². The van der Waals surface area contributed by atoms with Crippen molar-refractivity contribution in [2.24, 2.45) is 13.0 Å². The van der Waals surface area contributed by atoms with E-state index in [9.17, 15) is 8.42 Å². The molecule has 0 radical (unpaired) electrons. The molecule has 0 aliphatic carbocycles. The van der Waals surface area contributed by atoms with Crippen LogP contribution in [0.25, 0.3) is 22.1 Å². The number of hydrogen-bond donors (Lipinski definition) is 1. The second-order valence-corrected chi connectivity index (χ2v) is 12.5. The number of rotatable bonds is 5. The molecule has 0 bridgehead atoms. The molecule has 1 N–H and O–H groups in total. The highest BCUT2D eigenvalue weighted by Crippen LogP contribution is 2.36. The predicted octanol–water partition coefficient (Wildman–Crippen LogP) is 3.77. The summed E-state index contributed by atoms with van der Waals surface area (Å²) < 4.78 is 32.9. The maximum atomic E-state index is 12.4. The summed E-state index contributed by atoms with van der Waals surface area (Å²) in [7, 11) is -1.08. The smallest absolute Gasteiger partial charge is 0.226 e. The first kappa shape index (κ1) is 23.8. The lowest BCUT2D eigenvalue weighted by Crippen LogP contribution is -2.27. The van der Waals surface area contributed by atoms with E-state index < -0.39 is 9.84 Å². The van der Waals surface area contributed by atoms with Gasteiger partial charge < -0.3 is 19.5 Å². The van der Waals surface area contributed by atoms with Gasteiger partial charge in [0.05, 0.1) is 34.6 Å². The Morgan fingerprint density at radius 3 is 2.77 bits per heavy atom. The van der Waals surface area contributed by atoms with Crippen molar-refractivity contribution in [2.75, 3.05) is 29.1 Å². The number of aryl methyl sites for hydroxylation is 2. The summed E-state index contributed by atoms with van der Waals surface area (Å²) in [5.41, 5.74) is 4.86. The second-order valence-electron chi connectivity index (χ2n) is 10.2. The Morgan fingerprint density at radius 2 is 1.92 bits per heavy atom. The molecule has 0 spiro atoms. The predicted molar refractivity (Wildman–Crippen MR) is 148 cm³/mol. The number of fused-ring (bicyclic) bond motifs is 3. The SMILES string of the molecule is Cc1cc(Nc2ncnc3cnc(N4CC5[C@H](CCS5(=O)=O)C4)nc23)ccc1Oc1ccc2c(c1)ncn2C. The van der Waals surface area contributed by atoms with Crippen molar-refractivity contribution < 1.29 is 13.2 Å². The molecule has 2 fully saturated rings. The Bertz CT molecular complexity index is 1860. The average molecular weight is 543 g/mol. The molecule has 2 saturated heterocycles. The van der Waals surface area contributed by atoms with Crippen molar-refractivity contribution in [1.82, 2.24) is 29.5 Å². The van der Waals surface area contributed by atoms with Crippen LogP contribution < -0.4 is 15.0 Å². The van der Waals surface area contributed by atoms with Crippen molar-refractivity contribution >= 4 is 49.4 Å². The summed E-state index contributed by atoms with van der Waals surface area (Å²) >= 11 is 0. The van der Waals surface area contributed by atoms with E-state index in [0.717, 1.165) is 33.8 Å². The molecule has 0 amide bonds. The van der Waals surface area contributed by atoms with Crippen LogP contribution in [0, 0.1) is 12.8 Å². The van der Waals surface area contributed by atoms with Gasteiger partial charge in [-0.25, -0.2) is 33.3 Å². The molecule has 2 aliphatic heterocycles. The summed E-state index contributed by atoms with van der Waals surface area (Å²) in [6.45, 7) is 3.04. The number of hydrogen-bond acceptors (Lipinski definition) is 10. The van der Waals surface area contributed by atoms with Gasteiger partial charge in [-0.15, -0.1) is 0 Å². The zero-order valence-corrected chi connectivity index (χ0v) is 22.3. The largest absolute Gasteiger partial charge is 0.457 e. The first-order valence-electron chi connectivity index (χ1n) is 12.7. The maximum Gasteiger partial charge on any atom is 0.226 e. The summed E-state index contributed by atoms with van der Waals surface area (Å²) in [6, 6.07) is 11.7. The molecule has 2 aromatic carbocycles. The molecule has 12 heteroatoms. The zero-order valence-electron chi connectivity index (χ0n) is 21.4. The average Bonchev–Trinajstić information content (AvgIpc) is 3.60. The number of nitrogens with zero attached hydrogens (tertiary/aromatic N) is 7. The topological polar surface area (TPSA) is 128 Å². The lowest BCUT2D eigenvalue weighted by Gasteiger charge is -2.17. The molecule has 1 unspecified atom stereocenters. The normalized spacial score (nSPS) is 20.0. The fourth-order valence-electron chi connectivity index (χ4n) is 5.53. The van der Waals surface area contributed by atoms with E-state index in [2.05, 4.69) is 25.3 Å². The van der Waals surface area contributed by atoms with Gasteiger partial charge in [0.15, 0.2) is 15.7 Å². The van der Waals surface area contributed by atoms with Gasteiger partial charge >= 0.3 is 0 Å². The van der Waals surface area contributed by atoms with Crippen molar-refractivity contribution in [3.63, 3.8) is 0 Å². The van der Waals surface area contributed by atoms with Crippen LogP contribution >= 0.6 is 0 Å². The number of ether oxygens (including phenoxy) is 1. The molecule has 2 aliphatic rings. The zero-order chi connectivity index (χ0) is 26.7. The number of nitrogens with one attached hydrogen (secondary N) is 1. The van der Waals surface area contributed by atoms with Gasteiger partial charge in [-0.1, -0.05) is 0 Å². The third kappa shape index (κ3) is 4.20. The van der Waals surface area contributed by atoms with E-state index in [1.165, 1.54) is 6.33 Å². The second kappa shape index (κ2) is 8.87. The van der Waals surface area contributed by atoms with E-state index in [1.807, 2.05) is 59.8 Å². The highest BCUT2D eigenvalue weighted by molar-refractivity contribution is 7.92. The van der Waals surface area contributed by atoms with Gasteiger partial charge in [0.1, 0.15) is 28.9 Å². The summed E-state index contributed by atoms with van der Waals surface area (Å²) in [5, 5.41) is 3.02. The van der Waals surface area contributed by atoms with Crippen LogP contribution in [-0.4, -0.2) is 62.0 Å². The van der Waals surface area contributed by atoms with Gasteiger partial charge in [0.25, 0.3) is 0 Å². The fraction of sp³-hybridized carbons (Fsp3) is 0.296. The number of aromatic nitrogens is 6. The lowest BCUT2D eigenvalue weighted by molar-refractivity contribution is 0.479. The molecule has 3 aromatic heterocycles. The van der Waals surface area contributed by atoms with Gasteiger partial charge in [-0.3, -0.25) is 0 Å². The number of sulfone groups is 1. The van der Waals surface area contributed by atoms with Crippen molar-refractivity contribution in [3.8, 4) is 11.5 Å². The Balaban J connectivity index is 1.13. The van der Waals surface area contributed by atoms with Crippen molar-refractivity contribution in [1.29, 1.82) is 0 Å². The molecular weight excluding hydrogens is 516 g/mol. The van der Waals surface area contributed by atoms with Gasteiger partial charge in [0, 0.05) is 31.9 Å². The van der Waals surface area contributed by atoms with Crippen LogP contribution in [0.4, 0.5) is 17.5 Å². The molecule has 0 saturated carbocycles. The van der Waals surface area contributed by atoms with E-state index in [4.69, 9.17) is 9.72 Å². The highest BCUT2D eigenvalue weighted by atomic mass is 32.2. The minimum atomic E-state index is -3.04. The van der Waals surface area contributed by atoms with E-state index >= 15 is 0 Å². The van der Waals surface area contributed by atoms with Gasteiger partial charge in [-0.2, -0.15) is 0 Å². The summed E-state index contributed by atoms with van der Waals surface area (Å²) in [6.07, 6.45) is 5.61. The molecule has 39 heavy (non-hydrogen) atoms. The Labute approximate surface area is 224 Å². The van der Waals surface area contributed by atoms with Crippen LogP contribution in [0.5, 0.6) is 11.5 Å². The Hall–Kier alpha value is -4.32. The first-order chi connectivity index (χ1) is 18.8. The van der Waals surface area contributed by atoms with Crippen LogP contribution in [0.1, 0.15) is 12.0 Å². The Kier molecular flexibility index (Phi) is 5.41. The molecular formula is C27H26N8O3S. The maximum absolute atomic E-state index is 12.4. The van der Waals surface area contributed by atoms with E-state index in [0.29, 0.717) is 42.3 Å². The van der Waals surface area contributed by atoms with Gasteiger partial charge in [-0.05, 0) is 55.2 Å². The van der Waals surface area contributed by atoms with Crippen molar-refractivity contribution in [2.45, 2.75) is 18.6 Å². The van der Waals surface area contributed by atoms with Crippen LogP contribution in [-0.2, 0) is 16.9 Å². The van der Waals surface area contributed by atoms with Gasteiger partial charge in [0.2, 0.25) is 5.95 Å². The highest BCUT2D eigenvalue weighted by Gasteiger charge is 2.46. The number of imidazole rings is 1. The molecule has 11 nitrogen and oxygen atoms in total. The number of benzene rings is 2. The van der Waals surface area contributed by atoms with Crippen molar-refractivity contribution in [3.05, 3.63) is 60.8 Å². The molecule has 5 heterocycles. The molecule has 198 valence electrons.